The molecule has 0 amide bonds. The Morgan fingerprint density at radius 1 is 1.33 bits per heavy atom. The van der Waals surface area contributed by atoms with Gasteiger partial charge in [0, 0.05) is 13.0 Å². The van der Waals surface area contributed by atoms with Gasteiger partial charge in [-0.1, -0.05) is 30.3 Å². The number of benzene rings is 1. The number of esters is 1. The molecule has 0 saturated heterocycles. The van der Waals surface area contributed by atoms with Crippen LogP contribution in [0.1, 0.15) is 18.4 Å². The zero-order valence-corrected chi connectivity index (χ0v) is 10.3. The number of carboxylic acids is 1. The molecular weight excluding hydrogens is 234 g/mol. The van der Waals surface area contributed by atoms with Crippen molar-refractivity contribution in [3.63, 3.8) is 0 Å². The summed E-state index contributed by atoms with van der Waals surface area (Å²) in [7, 11) is 1.29. The molecule has 1 aromatic rings. The summed E-state index contributed by atoms with van der Waals surface area (Å²) in [5, 5.41) is 11.6. The number of hydrogen-bond donors (Lipinski definition) is 2. The second-order valence-electron chi connectivity index (χ2n) is 3.87. The van der Waals surface area contributed by atoms with Crippen LogP contribution in [0.3, 0.4) is 0 Å². The van der Waals surface area contributed by atoms with E-state index in [2.05, 4.69) is 10.1 Å². The molecule has 1 unspecified atom stereocenters. The molecule has 0 heterocycles. The van der Waals surface area contributed by atoms with Gasteiger partial charge in [0.15, 0.2) is 0 Å². The average molecular weight is 251 g/mol. The van der Waals surface area contributed by atoms with E-state index >= 15 is 0 Å². The number of carboxylic acid groups (broad SMARTS) is 1. The minimum absolute atomic E-state index is 0.0679. The highest BCUT2D eigenvalue weighted by Gasteiger charge is 2.19. The highest BCUT2D eigenvalue weighted by molar-refractivity contribution is 5.76. The van der Waals surface area contributed by atoms with E-state index in [-0.39, 0.29) is 12.8 Å². The first kappa shape index (κ1) is 14.2. The summed E-state index contributed by atoms with van der Waals surface area (Å²) in [5.74, 6) is -1.36. The summed E-state index contributed by atoms with van der Waals surface area (Å²) < 4.78 is 4.64. The predicted octanol–water partition coefficient (Wildman–Crippen LogP) is 1.18. The van der Waals surface area contributed by atoms with Crippen LogP contribution in [0.5, 0.6) is 0 Å². The average Bonchev–Trinajstić information content (AvgIpc) is 2.39. The van der Waals surface area contributed by atoms with Crippen molar-refractivity contribution in [2.75, 3.05) is 7.11 Å². The Morgan fingerprint density at radius 3 is 2.56 bits per heavy atom. The van der Waals surface area contributed by atoms with Crippen molar-refractivity contribution in [2.24, 2.45) is 0 Å². The van der Waals surface area contributed by atoms with Gasteiger partial charge in [-0.05, 0) is 12.0 Å². The van der Waals surface area contributed by atoms with Crippen LogP contribution < -0.4 is 5.32 Å². The number of ether oxygens (including phenoxy) is 1. The van der Waals surface area contributed by atoms with Crippen LogP contribution in [0, 0.1) is 0 Å². The molecule has 5 heteroatoms. The molecule has 5 nitrogen and oxygen atoms in total. The summed E-state index contributed by atoms with van der Waals surface area (Å²) in [6.45, 7) is 0.500. The van der Waals surface area contributed by atoms with Gasteiger partial charge in [-0.3, -0.25) is 9.59 Å². The number of carbonyl (C=O) groups is 2. The number of methoxy groups -OCH3 is 1. The fourth-order valence-electron chi connectivity index (χ4n) is 1.55. The molecule has 0 radical (unpaired) electrons. The van der Waals surface area contributed by atoms with E-state index in [0.29, 0.717) is 6.54 Å². The summed E-state index contributed by atoms with van der Waals surface area (Å²) in [6, 6.07) is 8.98. The van der Waals surface area contributed by atoms with Gasteiger partial charge in [-0.25, -0.2) is 0 Å². The van der Waals surface area contributed by atoms with Gasteiger partial charge in [0.05, 0.1) is 7.11 Å². The van der Waals surface area contributed by atoms with Crippen molar-refractivity contribution in [3.05, 3.63) is 35.9 Å². The lowest BCUT2D eigenvalue weighted by atomic mass is 10.1. The van der Waals surface area contributed by atoms with E-state index in [9.17, 15) is 9.59 Å². The molecule has 1 atom stereocenters. The highest BCUT2D eigenvalue weighted by atomic mass is 16.5. The van der Waals surface area contributed by atoms with Gasteiger partial charge in [0.2, 0.25) is 0 Å². The predicted molar refractivity (Wildman–Crippen MR) is 66.0 cm³/mol. The summed E-state index contributed by atoms with van der Waals surface area (Å²) in [5.41, 5.74) is 1.03. The van der Waals surface area contributed by atoms with Gasteiger partial charge in [-0.15, -0.1) is 0 Å². The molecule has 0 fully saturated rings. The van der Waals surface area contributed by atoms with Crippen molar-refractivity contribution in [3.8, 4) is 0 Å². The van der Waals surface area contributed by atoms with Crippen LogP contribution in [0.15, 0.2) is 30.3 Å². The lowest BCUT2D eigenvalue weighted by Gasteiger charge is -2.15. The van der Waals surface area contributed by atoms with Gasteiger partial charge >= 0.3 is 11.9 Å². The molecule has 0 aliphatic carbocycles. The molecule has 0 saturated carbocycles. The molecule has 0 aromatic heterocycles. The van der Waals surface area contributed by atoms with Crippen molar-refractivity contribution in [1.82, 2.24) is 5.32 Å². The topological polar surface area (TPSA) is 75.6 Å². The Bertz CT molecular complexity index is 391. The van der Waals surface area contributed by atoms with E-state index in [1.165, 1.54) is 7.11 Å². The van der Waals surface area contributed by atoms with E-state index in [1.807, 2.05) is 30.3 Å². The van der Waals surface area contributed by atoms with Crippen LogP contribution in [0.2, 0.25) is 0 Å². The number of rotatable bonds is 7. The molecule has 18 heavy (non-hydrogen) atoms. The first-order chi connectivity index (χ1) is 8.63. The molecule has 0 bridgehead atoms. The van der Waals surface area contributed by atoms with E-state index in [4.69, 9.17) is 5.11 Å². The molecular formula is C13H17NO4. The maximum atomic E-state index is 11.5. The maximum absolute atomic E-state index is 11.5. The van der Waals surface area contributed by atoms with Crippen LogP contribution >= 0.6 is 0 Å². The molecule has 0 spiro atoms. The molecule has 1 rings (SSSR count). The van der Waals surface area contributed by atoms with E-state index in [0.717, 1.165) is 5.56 Å². The quantitative estimate of drug-likeness (QED) is 0.712. The second kappa shape index (κ2) is 7.45. The number of hydrogen-bond acceptors (Lipinski definition) is 4. The summed E-state index contributed by atoms with van der Waals surface area (Å²) >= 11 is 0. The Morgan fingerprint density at radius 2 is 2.00 bits per heavy atom. The van der Waals surface area contributed by atoms with Gasteiger partial charge in [0.1, 0.15) is 6.04 Å². The molecule has 1 aromatic carbocycles. The highest BCUT2D eigenvalue weighted by Crippen LogP contribution is 2.03. The largest absolute Gasteiger partial charge is 0.481 e. The van der Waals surface area contributed by atoms with Gasteiger partial charge < -0.3 is 15.2 Å². The number of carbonyl (C=O) groups excluding carboxylic acids is 1. The van der Waals surface area contributed by atoms with Gasteiger partial charge in [0.25, 0.3) is 0 Å². The zero-order valence-electron chi connectivity index (χ0n) is 10.3. The van der Waals surface area contributed by atoms with Crippen LogP contribution in [0.4, 0.5) is 0 Å². The fourth-order valence-corrected chi connectivity index (χ4v) is 1.55. The molecule has 0 aliphatic rings. The van der Waals surface area contributed by atoms with Crippen molar-refractivity contribution in [1.29, 1.82) is 0 Å². The lowest BCUT2D eigenvalue weighted by molar-refractivity contribution is -0.144. The van der Waals surface area contributed by atoms with E-state index < -0.39 is 18.0 Å². The normalized spacial score (nSPS) is 11.8. The van der Waals surface area contributed by atoms with E-state index in [1.54, 1.807) is 0 Å². The molecule has 2 N–H and O–H groups in total. The molecule has 0 aliphatic heterocycles. The minimum atomic E-state index is -0.926. The SMILES string of the molecule is COC(=O)C(CCC(=O)O)NCc1ccccc1. The Balaban J connectivity index is 2.50. The smallest absolute Gasteiger partial charge is 0.322 e. The second-order valence-corrected chi connectivity index (χ2v) is 3.87. The third-order valence-electron chi connectivity index (χ3n) is 2.53. The Kier molecular flexibility index (Phi) is 5.87. The van der Waals surface area contributed by atoms with Crippen LogP contribution in [0.25, 0.3) is 0 Å². The zero-order chi connectivity index (χ0) is 13.4. The number of nitrogens with one attached hydrogen (secondary N) is 1. The third kappa shape index (κ3) is 4.97. The van der Waals surface area contributed by atoms with Crippen molar-refractivity contribution < 1.29 is 19.4 Å². The summed E-state index contributed by atoms with van der Waals surface area (Å²) in [6.07, 6.45) is 0.149. The lowest BCUT2D eigenvalue weighted by Crippen LogP contribution is -2.37. The first-order valence-corrected chi connectivity index (χ1v) is 5.70. The minimum Gasteiger partial charge on any atom is -0.481 e. The molecule has 98 valence electrons. The summed E-state index contributed by atoms with van der Waals surface area (Å²) in [4.78, 5) is 22.0. The van der Waals surface area contributed by atoms with Crippen LogP contribution in [-0.4, -0.2) is 30.2 Å². The standard InChI is InChI=1S/C13H17NO4/c1-18-13(17)11(7-8-12(15)16)14-9-10-5-3-2-4-6-10/h2-6,11,14H,7-9H2,1H3,(H,15,16). The monoisotopic (exact) mass is 251 g/mol. The third-order valence-corrected chi connectivity index (χ3v) is 2.53. The Hall–Kier alpha value is -1.88. The van der Waals surface area contributed by atoms with Crippen LogP contribution in [-0.2, 0) is 20.9 Å². The number of aliphatic carboxylic acids is 1. The first-order valence-electron chi connectivity index (χ1n) is 5.70. The maximum Gasteiger partial charge on any atom is 0.322 e. The fraction of sp³-hybridized carbons (Fsp3) is 0.385. The van der Waals surface area contributed by atoms with Gasteiger partial charge in [-0.2, -0.15) is 0 Å². The van der Waals surface area contributed by atoms with Crippen molar-refractivity contribution >= 4 is 11.9 Å². The Labute approximate surface area is 106 Å². The van der Waals surface area contributed by atoms with Crippen molar-refractivity contribution in [2.45, 2.75) is 25.4 Å².